The molecule has 11 heteroatoms. The van der Waals surface area contributed by atoms with E-state index in [-0.39, 0.29) is 11.8 Å². The highest BCUT2D eigenvalue weighted by Crippen LogP contribution is 2.35. The molecule has 2 aromatic heterocycles. The number of ether oxygens (including phenoxy) is 1. The first-order valence-corrected chi connectivity index (χ1v) is 12.9. The number of piperidine rings is 1. The van der Waals surface area contributed by atoms with Gasteiger partial charge in [0.15, 0.2) is 5.76 Å². The van der Waals surface area contributed by atoms with Gasteiger partial charge in [-0.3, -0.25) is 0 Å². The van der Waals surface area contributed by atoms with Crippen molar-refractivity contribution in [2.45, 2.75) is 57.3 Å². The Hall–Kier alpha value is -3.81. The van der Waals surface area contributed by atoms with Crippen LogP contribution in [0, 0.1) is 23.2 Å². The van der Waals surface area contributed by atoms with E-state index in [1.807, 2.05) is 0 Å². The van der Waals surface area contributed by atoms with E-state index in [4.69, 9.17) is 9.68 Å². The van der Waals surface area contributed by atoms with Gasteiger partial charge in [-0.05, 0) is 68.2 Å². The van der Waals surface area contributed by atoms with Gasteiger partial charge in [-0.25, -0.2) is 15.0 Å². The quantitative estimate of drug-likeness (QED) is 0.390. The smallest absolute Gasteiger partial charge is 0.424 e. The maximum atomic E-state index is 12.4. The molecule has 2 fully saturated rings. The minimum atomic E-state index is -4.73. The van der Waals surface area contributed by atoms with Crippen LogP contribution < -0.4 is 15.0 Å². The predicted octanol–water partition coefficient (Wildman–Crippen LogP) is 6.18. The van der Waals surface area contributed by atoms with Crippen LogP contribution in [0.25, 0.3) is 11.3 Å². The van der Waals surface area contributed by atoms with Crippen molar-refractivity contribution >= 4 is 12.0 Å². The fraction of sp³-hybridized carbons (Fsp3) is 0.481. The summed E-state index contributed by atoms with van der Waals surface area (Å²) in [6.07, 6.45) is 7.81. The van der Waals surface area contributed by atoms with Gasteiger partial charge in [0.05, 0.1) is 24.2 Å². The Morgan fingerprint density at radius 1 is 1.03 bits per heavy atom. The van der Waals surface area contributed by atoms with E-state index >= 15 is 0 Å². The van der Waals surface area contributed by atoms with Crippen LogP contribution in [0.5, 0.6) is 5.75 Å². The first-order valence-electron chi connectivity index (χ1n) is 12.9. The van der Waals surface area contributed by atoms with Crippen LogP contribution in [-0.4, -0.2) is 40.4 Å². The lowest BCUT2D eigenvalue weighted by molar-refractivity contribution is -0.274. The van der Waals surface area contributed by atoms with Crippen LogP contribution in [0.4, 0.5) is 25.1 Å². The summed E-state index contributed by atoms with van der Waals surface area (Å²) in [5.41, 5.74) is 1.08. The summed E-state index contributed by atoms with van der Waals surface area (Å²) in [5, 5.41) is 12.5. The van der Waals surface area contributed by atoms with E-state index < -0.39 is 6.36 Å². The van der Waals surface area contributed by atoms with E-state index in [2.05, 4.69) is 36.0 Å². The van der Waals surface area contributed by atoms with Crippen LogP contribution in [-0.2, 0) is 0 Å². The molecule has 3 atom stereocenters. The van der Waals surface area contributed by atoms with Gasteiger partial charge in [0.2, 0.25) is 5.95 Å². The Balaban J connectivity index is 1.19. The number of alkyl halides is 3. The van der Waals surface area contributed by atoms with Crippen molar-refractivity contribution in [2.24, 2.45) is 11.8 Å². The molecule has 0 radical (unpaired) electrons. The van der Waals surface area contributed by atoms with Gasteiger partial charge in [-0.2, -0.15) is 5.26 Å². The van der Waals surface area contributed by atoms with Crippen LogP contribution in [0.15, 0.2) is 47.3 Å². The number of benzene rings is 1. The summed E-state index contributed by atoms with van der Waals surface area (Å²) in [7, 11) is 0. The first kappa shape index (κ1) is 25.8. The summed E-state index contributed by atoms with van der Waals surface area (Å²) in [4.78, 5) is 15.3. The van der Waals surface area contributed by atoms with Gasteiger partial charge in [-0.15, -0.1) is 13.2 Å². The molecule has 0 spiro atoms. The maximum absolute atomic E-state index is 12.4. The number of halogens is 3. The van der Waals surface area contributed by atoms with E-state index in [1.165, 1.54) is 30.7 Å². The highest BCUT2D eigenvalue weighted by atomic mass is 19.4. The molecule has 0 unspecified atom stereocenters. The predicted molar refractivity (Wildman–Crippen MR) is 134 cm³/mol. The first-order chi connectivity index (χ1) is 18.4. The molecule has 0 bridgehead atoms. The average Bonchev–Trinajstić information content (AvgIpc) is 3.38. The van der Waals surface area contributed by atoms with Crippen molar-refractivity contribution < 1.29 is 22.3 Å². The second-order valence-electron chi connectivity index (χ2n) is 9.97. The van der Waals surface area contributed by atoms with Crippen molar-refractivity contribution in [3.63, 3.8) is 0 Å². The normalized spacial score (nSPS) is 22.1. The summed E-state index contributed by atoms with van der Waals surface area (Å²) in [6, 6.07) is 8.26. The Morgan fingerprint density at radius 3 is 2.53 bits per heavy atom. The molecule has 3 aromatic rings. The number of nitrogens with zero attached hydrogens (tertiary/aromatic N) is 5. The monoisotopic (exact) mass is 526 g/mol. The zero-order chi connectivity index (χ0) is 26.5. The molecule has 1 aliphatic heterocycles. The third kappa shape index (κ3) is 6.54. The third-order valence-electron chi connectivity index (χ3n) is 7.30. The number of anilines is 2. The number of nitriles is 1. The highest BCUT2D eigenvalue weighted by molar-refractivity contribution is 5.58. The van der Waals surface area contributed by atoms with Gasteiger partial charge >= 0.3 is 6.36 Å². The van der Waals surface area contributed by atoms with E-state index in [1.54, 1.807) is 18.6 Å². The molecular formula is C27H29F3N6O2. The molecule has 200 valence electrons. The molecular weight excluding hydrogens is 497 g/mol. The average molecular weight is 527 g/mol. The van der Waals surface area contributed by atoms with Crippen LogP contribution >= 0.6 is 0 Å². The molecule has 1 N–H and O–H groups in total. The number of rotatable bonds is 7. The molecule has 0 amide bonds. The van der Waals surface area contributed by atoms with Gasteiger partial charge in [0, 0.05) is 24.7 Å². The van der Waals surface area contributed by atoms with Gasteiger partial charge in [0.1, 0.15) is 11.8 Å². The molecule has 8 nitrogen and oxygen atoms in total. The van der Waals surface area contributed by atoms with Crippen LogP contribution in [0.1, 0.15) is 50.5 Å². The molecule has 1 saturated carbocycles. The Labute approximate surface area is 218 Å². The van der Waals surface area contributed by atoms with Crippen LogP contribution in [0.3, 0.4) is 0 Å². The SMILES string of the molecule is N#Cc1cnc(N2CCC[C@H](C[C@@H]3CCCC[C@H]3Nc3ncc(-c4ccc(OC(F)(F)F)cc4)o3)C2)nc1. The van der Waals surface area contributed by atoms with Crippen molar-refractivity contribution in [1.82, 2.24) is 15.0 Å². The summed E-state index contributed by atoms with van der Waals surface area (Å²) in [6.45, 7) is 1.81. The van der Waals surface area contributed by atoms with E-state index in [9.17, 15) is 13.2 Å². The number of oxazole rings is 1. The molecule has 1 saturated heterocycles. The second-order valence-corrected chi connectivity index (χ2v) is 9.97. The van der Waals surface area contributed by atoms with Crippen LogP contribution in [0.2, 0.25) is 0 Å². The van der Waals surface area contributed by atoms with Gasteiger partial charge in [0.25, 0.3) is 6.01 Å². The fourth-order valence-electron chi connectivity index (χ4n) is 5.54. The fourth-order valence-corrected chi connectivity index (χ4v) is 5.54. The van der Waals surface area contributed by atoms with Crippen molar-refractivity contribution in [3.05, 3.63) is 48.4 Å². The minimum Gasteiger partial charge on any atom is -0.424 e. The molecule has 38 heavy (non-hydrogen) atoms. The summed E-state index contributed by atoms with van der Waals surface area (Å²) in [5.74, 6) is 1.87. The largest absolute Gasteiger partial charge is 0.573 e. The van der Waals surface area contributed by atoms with Crippen molar-refractivity contribution in [2.75, 3.05) is 23.3 Å². The lowest BCUT2D eigenvalue weighted by Gasteiger charge is -2.38. The topological polar surface area (TPSA) is 100 Å². The summed E-state index contributed by atoms with van der Waals surface area (Å²) < 4.78 is 47.1. The standard InChI is InChI=1S/C27H29F3N6O2/c28-27(29,30)38-22-9-7-20(8-10-22)24-16-34-26(37-24)35-23-6-2-1-5-21(23)12-18-4-3-11-36(17-18)25-32-14-19(13-31)15-33-25/h7-10,14-16,18,21,23H,1-6,11-12,17H2,(H,34,35)/t18-,21+,23-/m1/s1. The second kappa shape index (κ2) is 11.3. The molecule has 3 heterocycles. The molecule has 2 aliphatic rings. The van der Waals surface area contributed by atoms with Gasteiger partial charge in [-0.1, -0.05) is 12.8 Å². The zero-order valence-electron chi connectivity index (χ0n) is 20.8. The minimum absolute atomic E-state index is 0.236. The highest BCUT2D eigenvalue weighted by Gasteiger charge is 2.32. The van der Waals surface area contributed by atoms with Crippen molar-refractivity contribution in [3.8, 4) is 23.1 Å². The number of hydrogen-bond acceptors (Lipinski definition) is 8. The zero-order valence-corrected chi connectivity index (χ0v) is 20.8. The lowest BCUT2D eigenvalue weighted by Crippen LogP contribution is -2.40. The summed E-state index contributed by atoms with van der Waals surface area (Å²) >= 11 is 0. The van der Waals surface area contributed by atoms with E-state index in [0.29, 0.717) is 40.7 Å². The van der Waals surface area contributed by atoms with Crippen molar-refractivity contribution in [1.29, 1.82) is 5.26 Å². The number of nitrogens with one attached hydrogen (secondary N) is 1. The maximum Gasteiger partial charge on any atom is 0.573 e. The Morgan fingerprint density at radius 2 is 1.79 bits per heavy atom. The molecule has 1 aliphatic carbocycles. The van der Waals surface area contributed by atoms with Gasteiger partial charge < -0.3 is 19.4 Å². The Bertz CT molecular complexity index is 1240. The molecule has 5 rings (SSSR count). The number of hydrogen-bond donors (Lipinski definition) is 1. The number of aromatic nitrogens is 3. The lowest BCUT2D eigenvalue weighted by atomic mass is 9.77. The third-order valence-corrected chi connectivity index (χ3v) is 7.30. The Kier molecular flexibility index (Phi) is 7.67. The molecule has 1 aromatic carbocycles. The van der Waals surface area contributed by atoms with E-state index in [0.717, 1.165) is 51.6 Å².